The van der Waals surface area contributed by atoms with Crippen LogP contribution in [0.2, 0.25) is 0 Å². The first-order valence-corrected chi connectivity index (χ1v) is 9.23. The Kier molecular flexibility index (Phi) is 4.84. The lowest BCUT2D eigenvalue weighted by Gasteiger charge is -2.29. The fourth-order valence-electron chi connectivity index (χ4n) is 3.64. The molecular weight excluding hydrogens is 377 g/mol. The summed E-state index contributed by atoms with van der Waals surface area (Å²) in [4.78, 5) is 50.0. The van der Waals surface area contributed by atoms with Gasteiger partial charge in [0.05, 0.1) is 0 Å². The van der Waals surface area contributed by atoms with Crippen LogP contribution in [0.15, 0.2) is 42.5 Å². The molecule has 0 aliphatic carbocycles. The van der Waals surface area contributed by atoms with Crippen molar-refractivity contribution in [2.75, 3.05) is 0 Å². The van der Waals surface area contributed by atoms with Crippen LogP contribution in [-0.2, 0) is 22.7 Å². The predicted octanol–water partition coefficient (Wildman–Crippen LogP) is 1.52. The zero-order valence-electron chi connectivity index (χ0n) is 15.4. The summed E-state index contributed by atoms with van der Waals surface area (Å²) in [5.74, 6) is -1.91. The molecule has 8 heteroatoms. The minimum Gasteiger partial charge on any atom is -0.348 e. The molecule has 1 saturated heterocycles. The van der Waals surface area contributed by atoms with Crippen molar-refractivity contribution in [3.05, 3.63) is 70.5 Å². The zero-order chi connectivity index (χ0) is 20.5. The number of fused-ring (bicyclic) bond motifs is 1. The van der Waals surface area contributed by atoms with E-state index in [-0.39, 0.29) is 43.7 Å². The smallest absolute Gasteiger partial charge is 0.255 e. The maximum absolute atomic E-state index is 13.7. The van der Waals surface area contributed by atoms with Gasteiger partial charge in [0.25, 0.3) is 11.8 Å². The lowest BCUT2D eigenvalue weighted by molar-refractivity contribution is -0.136. The SMILES string of the molecule is O=C1CCC(N2Cc3cc(C(=O)NCc4ccccc4F)ccc3C2=O)C(=O)N1. The van der Waals surface area contributed by atoms with E-state index in [1.54, 1.807) is 30.3 Å². The van der Waals surface area contributed by atoms with E-state index in [1.807, 2.05) is 0 Å². The van der Waals surface area contributed by atoms with Gasteiger partial charge in [-0.1, -0.05) is 18.2 Å². The molecule has 0 spiro atoms. The van der Waals surface area contributed by atoms with Crippen LogP contribution in [0, 0.1) is 5.82 Å². The van der Waals surface area contributed by atoms with Crippen molar-refractivity contribution >= 4 is 23.6 Å². The molecule has 29 heavy (non-hydrogen) atoms. The van der Waals surface area contributed by atoms with E-state index in [4.69, 9.17) is 0 Å². The lowest BCUT2D eigenvalue weighted by atomic mass is 10.0. The van der Waals surface area contributed by atoms with Gasteiger partial charge in [0.15, 0.2) is 0 Å². The molecule has 2 heterocycles. The number of nitrogens with one attached hydrogen (secondary N) is 2. The Hall–Kier alpha value is -3.55. The molecule has 148 valence electrons. The van der Waals surface area contributed by atoms with Crippen molar-refractivity contribution in [3.8, 4) is 0 Å². The maximum Gasteiger partial charge on any atom is 0.255 e. The summed E-state index contributed by atoms with van der Waals surface area (Å²) in [5, 5.41) is 4.92. The standard InChI is InChI=1S/C21H18FN3O4/c22-16-4-2-1-3-13(16)10-23-19(27)12-5-6-15-14(9-12)11-25(21(15)29)17-7-8-18(26)24-20(17)28/h1-6,9,17H,7-8,10-11H2,(H,23,27)(H,24,26,28). The summed E-state index contributed by atoms with van der Waals surface area (Å²) in [7, 11) is 0. The first-order chi connectivity index (χ1) is 13.9. The minimum atomic E-state index is -0.703. The van der Waals surface area contributed by atoms with Crippen LogP contribution in [-0.4, -0.2) is 34.6 Å². The zero-order valence-corrected chi connectivity index (χ0v) is 15.4. The normalized spacial score (nSPS) is 18.4. The van der Waals surface area contributed by atoms with Gasteiger partial charge in [-0.3, -0.25) is 24.5 Å². The Bertz CT molecular complexity index is 1040. The van der Waals surface area contributed by atoms with Crippen molar-refractivity contribution in [1.82, 2.24) is 15.5 Å². The third kappa shape index (κ3) is 3.61. The first kappa shape index (κ1) is 18.8. The van der Waals surface area contributed by atoms with E-state index in [0.717, 1.165) is 0 Å². The fourth-order valence-corrected chi connectivity index (χ4v) is 3.64. The van der Waals surface area contributed by atoms with E-state index in [1.165, 1.54) is 17.0 Å². The molecule has 7 nitrogen and oxygen atoms in total. The quantitative estimate of drug-likeness (QED) is 0.768. The van der Waals surface area contributed by atoms with Gasteiger partial charge in [0.2, 0.25) is 11.8 Å². The van der Waals surface area contributed by atoms with E-state index < -0.39 is 17.8 Å². The highest BCUT2D eigenvalue weighted by Crippen LogP contribution is 2.28. The number of amides is 4. The van der Waals surface area contributed by atoms with E-state index in [2.05, 4.69) is 10.6 Å². The average molecular weight is 395 g/mol. The van der Waals surface area contributed by atoms with Crippen LogP contribution in [0.25, 0.3) is 0 Å². The Morgan fingerprint density at radius 1 is 1.17 bits per heavy atom. The Balaban J connectivity index is 1.47. The van der Waals surface area contributed by atoms with Crippen molar-refractivity contribution in [2.45, 2.75) is 32.0 Å². The number of hydrogen-bond donors (Lipinski definition) is 2. The highest BCUT2D eigenvalue weighted by atomic mass is 19.1. The van der Waals surface area contributed by atoms with E-state index >= 15 is 0 Å². The van der Waals surface area contributed by atoms with Crippen molar-refractivity contribution in [2.24, 2.45) is 0 Å². The number of hydrogen-bond acceptors (Lipinski definition) is 4. The van der Waals surface area contributed by atoms with Gasteiger partial charge in [-0.2, -0.15) is 0 Å². The molecule has 2 aromatic rings. The summed E-state index contributed by atoms with van der Waals surface area (Å²) in [5.41, 5.74) is 1.79. The van der Waals surface area contributed by atoms with Crippen LogP contribution in [0.4, 0.5) is 4.39 Å². The van der Waals surface area contributed by atoms with E-state index in [0.29, 0.717) is 22.3 Å². The summed E-state index contributed by atoms with van der Waals surface area (Å²) in [6, 6.07) is 10.2. The second-order valence-electron chi connectivity index (χ2n) is 7.05. The Labute approximate surface area is 165 Å². The van der Waals surface area contributed by atoms with Crippen LogP contribution in [0.3, 0.4) is 0 Å². The summed E-state index contributed by atoms with van der Waals surface area (Å²) >= 11 is 0. The van der Waals surface area contributed by atoms with Gasteiger partial charge >= 0.3 is 0 Å². The maximum atomic E-state index is 13.7. The third-order valence-electron chi connectivity index (χ3n) is 5.18. The highest BCUT2D eigenvalue weighted by molar-refractivity contribution is 6.06. The number of carbonyl (C=O) groups excluding carboxylic acids is 4. The van der Waals surface area contributed by atoms with Crippen molar-refractivity contribution in [3.63, 3.8) is 0 Å². The monoisotopic (exact) mass is 395 g/mol. The molecule has 2 aliphatic heterocycles. The van der Waals surface area contributed by atoms with Crippen LogP contribution < -0.4 is 10.6 Å². The molecule has 0 bridgehead atoms. The van der Waals surface area contributed by atoms with Gasteiger partial charge in [-0.05, 0) is 36.2 Å². The number of carbonyl (C=O) groups is 4. The van der Waals surface area contributed by atoms with Gasteiger partial charge in [0, 0.05) is 36.2 Å². The number of benzene rings is 2. The lowest BCUT2D eigenvalue weighted by Crippen LogP contribution is -2.52. The van der Waals surface area contributed by atoms with Crippen molar-refractivity contribution < 1.29 is 23.6 Å². The first-order valence-electron chi connectivity index (χ1n) is 9.23. The summed E-state index contributed by atoms with van der Waals surface area (Å²) in [6.07, 6.45) is 0.459. The molecule has 4 rings (SSSR count). The van der Waals surface area contributed by atoms with Crippen molar-refractivity contribution in [1.29, 1.82) is 0 Å². The van der Waals surface area contributed by atoms with Crippen LogP contribution in [0.5, 0.6) is 0 Å². The summed E-state index contributed by atoms with van der Waals surface area (Å²) in [6.45, 7) is 0.235. The molecule has 1 fully saturated rings. The highest BCUT2D eigenvalue weighted by Gasteiger charge is 2.39. The number of imide groups is 1. The number of halogens is 1. The Morgan fingerprint density at radius 2 is 1.97 bits per heavy atom. The molecule has 1 unspecified atom stereocenters. The van der Waals surface area contributed by atoms with Crippen LogP contribution >= 0.6 is 0 Å². The number of rotatable bonds is 4. The second-order valence-corrected chi connectivity index (χ2v) is 7.05. The molecule has 0 aromatic heterocycles. The molecule has 2 aromatic carbocycles. The molecule has 0 radical (unpaired) electrons. The van der Waals surface area contributed by atoms with Gasteiger partial charge < -0.3 is 10.2 Å². The van der Waals surface area contributed by atoms with Gasteiger partial charge in [0.1, 0.15) is 11.9 Å². The molecule has 2 N–H and O–H groups in total. The number of piperidine rings is 1. The number of nitrogens with zero attached hydrogens (tertiary/aromatic N) is 1. The second kappa shape index (κ2) is 7.46. The Morgan fingerprint density at radius 3 is 2.72 bits per heavy atom. The minimum absolute atomic E-state index is 0.0456. The largest absolute Gasteiger partial charge is 0.348 e. The van der Waals surface area contributed by atoms with Crippen LogP contribution in [0.1, 0.15) is 44.7 Å². The molecule has 2 aliphatic rings. The summed E-state index contributed by atoms with van der Waals surface area (Å²) < 4.78 is 13.7. The third-order valence-corrected chi connectivity index (χ3v) is 5.18. The van der Waals surface area contributed by atoms with E-state index in [9.17, 15) is 23.6 Å². The van der Waals surface area contributed by atoms with Gasteiger partial charge in [-0.15, -0.1) is 0 Å². The molecule has 0 saturated carbocycles. The topological polar surface area (TPSA) is 95.6 Å². The average Bonchev–Trinajstić information content (AvgIpc) is 3.03. The molecular formula is C21H18FN3O4. The molecule has 1 atom stereocenters. The van der Waals surface area contributed by atoms with Gasteiger partial charge in [-0.25, -0.2) is 4.39 Å². The fraction of sp³-hybridized carbons (Fsp3) is 0.238. The predicted molar refractivity (Wildman–Crippen MR) is 100 cm³/mol. The molecule has 4 amide bonds.